The number of primary amides is 1. The summed E-state index contributed by atoms with van der Waals surface area (Å²) >= 11 is 0. The zero-order valence-corrected chi connectivity index (χ0v) is 6.53. The summed E-state index contributed by atoms with van der Waals surface area (Å²) in [5.74, 6) is -0.563. The van der Waals surface area contributed by atoms with E-state index in [1.807, 2.05) is 0 Å². The fraction of sp³-hybridized carbons (Fsp3) is 0.286. The van der Waals surface area contributed by atoms with Crippen LogP contribution in [0.4, 0.5) is 0 Å². The van der Waals surface area contributed by atoms with Crippen LogP contribution in [0.3, 0.4) is 0 Å². The van der Waals surface area contributed by atoms with Gasteiger partial charge in [0.25, 0.3) is 5.91 Å². The van der Waals surface area contributed by atoms with Gasteiger partial charge in [-0.2, -0.15) is 0 Å². The number of aromatic nitrogens is 2. The second-order valence-corrected chi connectivity index (χ2v) is 2.25. The molecular weight excluding hydrogens is 156 g/mol. The third kappa shape index (κ3) is 1.76. The summed E-state index contributed by atoms with van der Waals surface area (Å²) in [6.07, 6.45) is 3.46. The Labute approximate surface area is 69.8 Å². The fourth-order valence-corrected chi connectivity index (χ4v) is 0.892. The van der Waals surface area contributed by atoms with Crippen molar-refractivity contribution < 1.29 is 4.79 Å². The summed E-state index contributed by atoms with van der Waals surface area (Å²) in [5.41, 5.74) is 11.1. The zero-order valence-electron chi connectivity index (χ0n) is 6.53. The minimum absolute atomic E-state index is 0.211. The highest BCUT2D eigenvalue weighted by Crippen LogP contribution is 1.99. The second kappa shape index (κ2) is 3.77. The monoisotopic (exact) mass is 166 g/mol. The number of rotatable bonds is 3. The molecule has 64 valence electrons. The van der Waals surface area contributed by atoms with Crippen LogP contribution in [0.25, 0.3) is 0 Å². The minimum atomic E-state index is -0.563. The van der Waals surface area contributed by atoms with Crippen molar-refractivity contribution >= 4 is 5.91 Å². The number of hydrogen-bond acceptors (Lipinski definition) is 4. The van der Waals surface area contributed by atoms with Crippen molar-refractivity contribution in [1.82, 2.24) is 9.97 Å². The SMILES string of the molecule is NCCc1nccnc1C(N)=O. The fourth-order valence-electron chi connectivity index (χ4n) is 0.892. The number of nitrogens with zero attached hydrogens (tertiary/aromatic N) is 2. The molecule has 1 aromatic heterocycles. The van der Waals surface area contributed by atoms with Crippen molar-refractivity contribution in [3.8, 4) is 0 Å². The van der Waals surface area contributed by atoms with E-state index in [-0.39, 0.29) is 5.69 Å². The topological polar surface area (TPSA) is 94.9 Å². The largest absolute Gasteiger partial charge is 0.364 e. The molecule has 1 heterocycles. The Hall–Kier alpha value is -1.49. The number of carbonyl (C=O) groups is 1. The molecule has 0 atom stereocenters. The maximum Gasteiger partial charge on any atom is 0.269 e. The lowest BCUT2D eigenvalue weighted by Gasteiger charge is -2.00. The maximum atomic E-state index is 10.8. The molecule has 0 aliphatic heterocycles. The van der Waals surface area contributed by atoms with Crippen molar-refractivity contribution in [3.05, 3.63) is 23.8 Å². The van der Waals surface area contributed by atoms with Gasteiger partial charge in [-0.05, 0) is 6.54 Å². The van der Waals surface area contributed by atoms with Gasteiger partial charge in [-0.3, -0.25) is 9.78 Å². The standard InChI is InChI=1S/C7H10N4O/c8-2-1-5-6(7(9)12)11-4-3-10-5/h3-4H,1-2,8H2,(H2,9,12). The molecular formula is C7H10N4O. The van der Waals surface area contributed by atoms with Crippen LogP contribution in [0.15, 0.2) is 12.4 Å². The molecule has 5 nitrogen and oxygen atoms in total. The van der Waals surface area contributed by atoms with E-state index in [9.17, 15) is 4.79 Å². The Morgan fingerprint density at radius 3 is 2.67 bits per heavy atom. The minimum Gasteiger partial charge on any atom is -0.364 e. The van der Waals surface area contributed by atoms with Gasteiger partial charge >= 0.3 is 0 Å². The Morgan fingerprint density at radius 1 is 1.42 bits per heavy atom. The molecule has 1 rings (SSSR count). The van der Waals surface area contributed by atoms with Crippen LogP contribution in [-0.2, 0) is 6.42 Å². The molecule has 1 aromatic rings. The highest BCUT2D eigenvalue weighted by Gasteiger charge is 2.08. The van der Waals surface area contributed by atoms with Crippen LogP contribution in [0.5, 0.6) is 0 Å². The van der Waals surface area contributed by atoms with E-state index < -0.39 is 5.91 Å². The molecule has 0 bridgehead atoms. The van der Waals surface area contributed by atoms with E-state index in [1.54, 1.807) is 0 Å². The molecule has 0 aliphatic rings. The van der Waals surface area contributed by atoms with Gasteiger partial charge in [0, 0.05) is 18.8 Å². The summed E-state index contributed by atoms with van der Waals surface area (Å²) in [5, 5.41) is 0. The molecule has 1 amide bonds. The van der Waals surface area contributed by atoms with Gasteiger partial charge in [0.15, 0.2) is 0 Å². The van der Waals surface area contributed by atoms with Crippen molar-refractivity contribution in [1.29, 1.82) is 0 Å². The van der Waals surface area contributed by atoms with E-state index in [4.69, 9.17) is 11.5 Å². The van der Waals surface area contributed by atoms with E-state index in [0.717, 1.165) is 0 Å². The summed E-state index contributed by atoms with van der Waals surface area (Å²) < 4.78 is 0. The third-order valence-corrected chi connectivity index (χ3v) is 1.39. The summed E-state index contributed by atoms with van der Waals surface area (Å²) in [7, 11) is 0. The lowest BCUT2D eigenvalue weighted by Crippen LogP contribution is -2.18. The Balaban J connectivity index is 3.00. The lowest BCUT2D eigenvalue weighted by atomic mass is 10.2. The third-order valence-electron chi connectivity index (χ3n) is 1.39. The number of nitrogens with two attached hydrogens (primary N) is 2. The quantitative estimate of drug-likeness (QED) is 0.606. The van der Waals surface area contributed by atoms with Crippen LogP contribution >= 0.6 is 0 Å². The van der Waals surface area contributed by atoms with Gasteiger partial charge in [0.2, 0.25) is 0 Å². The van der Waals surface area contributed by atoms with E-state index in [1.165, 1.54) is 12.4 Å². The van der Waals surface area contributed by atoms with E-state index >= 15 is 0 Å². The Kier molecular flexibility index (Phi) is 2.71. The average molecular weight is 166 g/mol. The molecule has 0 unspecified atom stereocenters. The van der Waals surface area contributed by atoms with Gasteiger partial charge in [-0.25, -0.2) is 4.98 Å². The summed E-state index contributed by atoms with van der Waals surface area (Å²) in [4.78, 5) is 18.5. The van der Waals surface area contributed by atoms with Crippen LogP contribution in [0.2, 0.25) is 0 Å². The van der Waals surface area contributed by atoms with Crippen molar-refractivity contribution in [3.63, 3.8) is 0 Å². The molecule has 0 fully saturated rings. The van der Waals surface area contributed by atoms with Crippen LogP contribution in [0.1, 0.15) is 16.2 Å². The molecule has 0 spiro atoms. The molecule has 0 aliphatic carbocycles. The highest BCUT2D eigenvalue weighted by molar-refractivity contribution is 5.91. The van der Waals surface area contributed by atoms with Crippen LogP contribution in [-0.4, -0.2) is 22.4 Å². The molecule has 0 saturated heterocycles. The number of carbonyl (C=O) groups excluding carboxylic acids is 1. The van der Waals surface area contributed by atoms with Gasteiger partial charge in [-0.15, -0.1) is 0 Å². The van der Waals surface area contributed by atoms with Crippen LogP contribution in [0, 0.1) is 0 Å². The van der Waals surface area contributed by atoms with Crippen molar-refractivity contribution in [2.24, 2.45) is 11.5 Å². The average Bonchev–Trinajstić information content (AvgIpc) is 2.05. The molecule has 0 saturated carbocycles. The van der Waals surface area contributed by atoms with E-state index in [2.05, 4.69) is 9.97 Å². The number of amides is 1. The van der Waals surface area contributed by atoms with Crippen molar-refractivity contribution in [2.75, 3.05) is 6.54 Å². The van der Waals surface area contributed by atoms with Crippen LogP contribution < -0.4 is 11.5 Å². The van der Waals surface area contributed by atoms with Crippen molar-refractivity contribution in [2.45, 2.75) is 6.42 Å². The predicted octanol–water partition coefficient (Wildman–Crippen LogP) is -0.923. The smallest absolute Gasteiger partial charge is 0.269 e. The van der Waals surface area contributed by atoms with Gasteiger partial charge in [0.1, 0.15) is 5.69 Å². The summed E-state index contributed by atoms with van der Waals surface area (Å²) in [6, 6.07) is 0. The summed E-state index contributed by atoms with van der Waals surface area (Å²) in [6.45, 7) is 0.430. The first-order chi connectivity index (χ1) is 5.75. The van der Waals surface area contributed by atoms with Gasteiger partial charge in [-0.1, -0.05) is 0 Å². The molecule has 0 aromatic carbocycles. The highest BCUT2D eigenvalue weighted by atomic mass is 16.1. The predicted molar refractivity (Wildman–Crippen MR) is 43.3 cm³/mol. The van der Waals surface area contributed by atoms with Gasteiger partial charge < -0.3 is 11.5 Å². The normalized spacial score (nSPS) is 9.75. The zero-order chi connectivity index (χ0) is 8.97. The number of hydrogen-bond donors (Lipinski definition) is 2. The first-order valence-electron chi connectivity index (χ1n) is 3.55. The Bertz CT molecular complexity index is 286. The molecule has 0 radical (unpaired) electrons. The Morgan fingerprint density at radius 2 is 2.08 bits per heavy atom. The molecule has 4 N–H and O–H groups in total. The first kappa shape index (κ1) is 8.61. The molecule has 5 heteroatoms. The second-order valence-electron chi connectivity index (χ2n) is 2.25. The van der Waals surface area contributed by atoms with E-state index in [0.29, 0.717) is 18.7 Å². The maximum absolute atomic E-state index is 10.8. The first-order valence-corrected chi connectivity index (χ1v) is 3.55. The molecule has 12 heavy (non-hydrogen) atoms. The lowest BCUT2D eigenvalue weighted by molar-refractivity contribution is 0.0994. The van der Waals surface area contributed by atoms with Gasteiger partial charge in [0.05, 0.1) is 5.69 Å².